The number of nitrogen functional groups attached to an aromatic ring is 1. The molecule has 100 valence electrons. The van der Waals surface area contributed by atoms with Crippen LogP contribution in [0.5, 0.6) is 5.75 Å². The first-order valence-corrected chi connectivity index (χ1v) is 5.80. The van der Waals surface area contributed by atoms with E-state index in [1.165, 1.54) is 6.07 Å². The Bertz CT molecular complexity index is 414. The third-order valence-electron chi connectivity index (χ3n) is 2.85. The van der Waals surface area contributed by atoms with Crippen molar-refractivity contribution in [3.63, 3.8) is 0 Å². The maximum Gasteiger partial charge on any atom is 0.416 e. The van der Waals surface area contributed by atoms with E-state index in [0.29, 0.717) is 0 Å². The second-order valence-electron chi connectivity index (χ2n) is 4.36. The maximum atomic E-state index is 12.6. The first-order chi connectivity index (χ1) is 8.45. The SMILES string of the molecule is Nc1cc(OC2CCNCC2)cc(C(F)(F)F)c1. The van der Waals surface area contributed by atoms with Crippen LogP contribution in [0.4, 0.5) is 18.9 Å². The predicted octanol–water partition coefficient (Wildman–Crippen LogP) is 2.42. The first kappa shape index (κ1) is 13.0. The fourth-order valence-electron chi connectivity index (χ4n) is 1.96. The van der Waals surface area contributed by atoms with Gasteiger partial charge in [-0.05, 0) is 38.1 Å². The van der Waals surface area contributed by atoms with Crippen LogP contribution >= 0.6 is 0 Å². The summed E-state index contributed by atoms with van der Waals surface area (Å²) in [4.78, 5) is 0. The molecular weight excluding hydrogens is 245 g/mol. The van der Waals surface area contributed by atoms with Crippen LogP contribution < -0.4 is 15.8 Å². The van der Waals surface area contributed by atoms with Gasteiger partial charge >= 0.3 is 6.18 Å². The van der Waals surface area contributed by atoms with Crippen molar-refractivity contribution in [2.75, 3.05) is 18.8 Å². The molecule has 1 aliphatic heterocycles. The number of ether oxygens (including phenoxy) is 1. The van der Waals surface area contributed by atoms with E-state index in [1.807, 2.05) is 0 Å². The van der Waals surface area contributed by atoms with Gasteiger partial charge < -0.3 is 15.8 Å². The highest BCUT2D eigenvalue weighted by atomic mass is 19.4. The highest BCUT2D eigenvalue weighted by molar-refractivity contribution is 5.48. The van der Waals surface area contributed by atoms with E-state index >= 15 is 0 Å². The van der Waals surface area contributed by atoms with Crippen LogP contribution in [0.1, 0.15) is 18.4 Å². The van der Waals surface area contributed by atoms with Crippen LogP contribution in [0.3, 0.4) is 0 Å². The Hall–Kier alpha value is -1.43. The maximum absolute atomic E-state index is 12.6. The molecule has 0 atom stereocenters. The zero-order valence-electron chi connectivity index (χ0n) is 9.76. The molecule has 0 bridgehead atoms. The van der Waals surface area contributed by atoms with Gasteiger partial charge in [0.25, 0.3) is 0 Å². The van der Waals surface area contributed by atoms with E-state index in [9.17, 15) is 13.2 Å². The molecule has 18 heavy (non-hydrogen) atoms. The largest absolute Gasteiger partial charge is 0.490 e. The second kappa shape index (κ2) is 5.06. The van der Waals surface area contributed by atoms with Crippen molar-refractivity contribution in [2.45, 2.75) is 25.1 Å². The topological polar surface area (TPSA) is 47.3 Å². The molecule has 1 fully saturated rings. The molecule has 0 saturated carbocycles. The summed E-state index contributed by atoms with van der Waals surface area (Å²) in [5, 5.41) is 3.16. The summed E-state index contributed by atoms with van der Waals surface area (Å²) < 4.78 is 43.4. The Morgan fingerprint density at radius 1 is 1.17 bits per heavy atom. The summed E-state index contributed by atoms with van der Waals surface area (Å²) in [6.45, 7) is 1.64. The number of hydrogen-bond acceptors (Lipinski definition) is 3. The van der Waals surface area contributed by atoms with E-state index in [-0.39, 0.29) is 17.5 Å². The van der Waals surface area contributed by atoms with Gasteiger partial charge in [-0.1, -0.05) is 0 Å². The molecule has 1 saturated heterocycles. The van der Waals surface area contributed by atoms with Crippen LogP contribution in [-0.4, -0.2) is 19.2 Å². The van der Waals surface area contributed by atoms with Crippen molar-refractivity contribution in [1.82, 2.24) is 5.32 Å². The molecule has 1 heterocycles. The van der Waals surface area contributed by atoms with Gasteiger partial charge in [0, 0.05) is 11.8 Å². The van der Waals surface area contributed by atoms with Crippen LogP contribution in [0.25, 0.3) is 0 Å². The molecule has 0 amide bonds. The van der Waals surface area contributed by atoms with Gasteiger partial charge in [-0.15, -0.1) is 0 Å². The van der Waals surface area contributed by atoms with E-state index < -0.39 is 11.7 Å². The number of hydrogen-bond donors (Lipinski definition) is 2. The van der Waals surface area contributed by atoms with Gasteiger partial charge in [0.05, 0.1) is 5.56 Å². The van der Waals surface area contributed by atoms with Crippen LogP contribution in [0, 0.1) is 0 Å². The Kier molecular flexibility index (Phi) is 3.65. The summed E-state index contributed by atoms with van der Waals surface area (Å²) in [6.07, 6.45) is -2.87. The molecule has 0 unspecified atom stereocenters. The van der Waals surface area contributed by atoms with Crippen LogP contribution in [0.2, 0.25) is 0 Å². The Morgan fingerprint density at radius 2 is 1.83 bits per heavy atom. The Morgan fingerprint density at radius 3 is 2.44 bits per heavy atom. The van der Waals surface area contributed by atoms with E-state index in [2.05, 4.69) is 5.32 Å². The fraction of sp³-hybridized carbons (Fsp3) is 0.500. The van der Waals surface area contributed by atoms with Crippen LogP contribution in [0.15, 0.2) is 18.2 Å². The number of benzene rings is 1. The van der Waals surface area contributed by atoms with E-state index in [0.717, 1.165) is 38.1 Å². The lowest BCUT2D eigenvalue weighted by molar-refractivity contribution is -0.137. The molecule has 0 aliphatic carbocycles. The van der Waals surface area contributed by atoms with Gasteiger partial charge in [-0.25, -0.2) is 0 Å². The van der Waals surface area contributed by atoms with Crippen molar-refractivity contribution < 1.29 is 17.9 Å². The molecule has 1 aromatic rings. The van der Waals surface area contributed by atoms with Crippen molar-refractivity contribution in [2.24, 2.45) is 0 Å². The Balaban J connectivity index is 2.14. The third kappa shape index (κ3) is 3.29. The zero-order chi connectivity index (χ0) is 13.2. The lowest BCUT2D eigenvalue weighted by Gasteiger charge is -2.24. The second-order valence-corrected chi connectivity index (χ2v) is 4.36. The summed E-state index contributed by atoms with van der Waals surface area (Å²) in [5.74, 6) is 0.189. The van der Waals surface area contributed by atoms with Crippen molar-refractivity contribution >= 4 is 5.69 Å². The number of nitrogens with two attached hydrogens (primary N) is 1. The number of halogens is 3. The van der Waals surface area contributed by atoms with Gasteiger partial charge in [-0.3, -0.25) is 0 Å². The minimum Gasteiger partial charge on any atom is -0.490 e. The van der Waals surface area contributed by atoms with Gasteiger partial charge in [-0.2, -0.15) is 13.2 Å². The highest BCUT2D eigenvalue weighted by Gasteiger charge is 2.31. The van der Waals surface area contributed by atoms with Gasteiger partial charge in [0.1, 0.15) is 11.9 Å². The summed E-state index contributed by atoms with van der Waals surface area (Å²) in [6, 6.07) is 3.34. The fourth-order valence-corrected chi connectivity index (χ4v) is 1.96. The van der Waals surface area contributed by atoms with Crippen molar-refractivity contribution in [3.8, 4) is 5.75 Å². The molecule has 3 nitrogen and oxygen atoms in total. The third-order valence-corrected chi connectivity index (χ3v) is 2.85. The average molecular weight is 260 g/mol. The zero-order valence-corrected chi connectivity index (χ0v) is 9.76. The lowest BCUT2D eigenvalue weighted by atomic mass is 10.1. The molecule has 3 N–H and O–H groups in total. The molecule has 0 spiro atoms. The molecule has 1 aromatic carbocycles. The number of alkyl halides is 3. The highest BCUT2D eigenvalue weighted by Crippen LogP contribution is 2.33. The average Bonchev–Trinajstić information content (AvgIpc) is 2.28. The molecule has 6 heteroatoms. The molecule has 0 radical (unpaired) electrons. The van der Waals surface area contributed by atoms with Gasteiger partial charge in [0.2, 0.25) is 0 Å². The Labute approximate surface area is 103 Å². The number of anilines is 1. The molecular formula is C12H15F3N2O. The minimum absolute atomic E-state index is 0.0471. The van der Waals surface area contributed by atoms with Crippen molar-refractivity contribution in [3.05, 3.63) is 23.8 Å². The molecule has 0 aromatic heterocycles. The monoisotopic (exact) mass is 260 g/mol. The molecule has 1 aliphatic rings. The summed E-state index contributed by atoms with van der Waals surface area (Å²) in [7, 11) is 0. The molecule has 2 rings (SSSR count). The van der Waals surface area contributed by atoms with Crippen molar-refractivity contribution in [1.29, 1.82) is 0 Å². The quantitative estimate of drug-likeness (QED) is 0.803. The smallest absolute Gasteiger partial charge is 0.416 e. The normalized spacial score (nSPS) is 17.7. The summed E-state index contributed by atoms with van der Waals surface area (Å²) >= 11 is 0. The number of piperidine rings is 1. The van der Waals surface area contributed by atoms with Crippen LogP contribution in [-0.2, 0) is 6.18 Å². The van der Waals surface area contributed by atoms with E-state index in [4.69, 9.17) is 10.5 Å². The van der Waals surface area contributed by atoms with E-state index in [1.54, 1.807) is 0 Å². The van der Waals surface area contributed by atoms with Gasteiger partial charge in [0.15, 0.2) is 0 Å². The predicted molar refractivity (Wildman–Crippen MR) is 62.4 cm³/mol. The standard InChI is InChI=1S/C12H15F3N2O/c13-12(14,15)8-5-9(16)7-11(6-8)18-10-1-3-17-4-2-10/h5-7,10,17H,1-4,16H2. The first-order valence-electron chi connectivity index (χ1n) is 5.80. The number of rotatable bonds is 2. The minimum atomic E-state index is -4.40. The lowest BCUT2D eigenvalue weighted by Crippen LogP contribution is -2.34. The summed E-state index contributed by atoms with van der Waals surface area (Å²) in [5.41, 5.74) is 4.76. The number of nitrogens with one attached hydrogen (secondary N) is 1.